The van der Waals surface area contributed by atoms with E-state index >= 15 is 0 Å². The Morgan fingerprint density at radius 3 is 2.84 bits per heavy atom. The zero-order chi connectivity index (χ0) is 13.8. The maximum Gasteiger partial charge on any atom is 0.253 e. The van der Waals surface area contributed by atoms with Gasteiger partial charge in [-0.1, -0.05) is 0 Å². The molecule has 0 aromatic heterocycles. The lowest BCUT2D eigenvalue weighted by Crippen LogP contribution is -2.23. The van der Waals surface area contributed by atoms with Crippen LogP contribution in [0, 0.1) is 0 Å². The van der Waals surface area contributed by atoms with Crippen LogP contribution in [0.5, 0.6) is 0 Å². The maximum absolute atomic E-state index is 11.8. The van der Waals surface area contributed by atoms with Crippen molar-refractivity contribution in [2.45, 2.75) is 30.6 Å². The summed E-state index contributed by atoms with van der Waals surface area (Å²) in [7, 11) is 1.64. The molecule has 19 heavy (non-hydrogen) atoms. The lowest BCUT2D eigenvalue weighted by molar-refractivity contribution is 0.0964. The number of nitrogens with two attached hydrogens (primary N) is 1. The number of carbonyl (C=O) groups excluding carboxylic acids is 1. The van der Waals surface area contributed by atoms with Crippen LogP contribution in [-0.2, 0) is 0 Å². The SMILES string of the molecule is CNC(=O)c1ccc(N)cc1NC1CCC(SC)C1. The summed E-state index contributed by atoms with van der Waals surface area (Å²) >= 11 is 1.92. The van der Waals surface area contributed by atoms with E-state index in [-0.39, 0.29) is 5.91 Å². The standard InChI is InChI=1S/C14H21N3OS/c1-16-14(18)12-6-3-9(15)7-13(12)17-10-4-5-11(8-10)19-2/h3,6-7,10-11,17H,4-5,8,15H2,1-2H3,(H,16,18). The van der Waals surface area contributed by atoms with E-state index in [0.29, 0.717) is 17.3 Å². The van der Waals surface area contributed by atoms with Crippen LogP contribution in [0.3, 0.4) is 0 Å². The first-order valence-electron chi connectivity index (χ1n) is 6.55. The Bertz CT molecular complexity index is 464. The molecule has 104 valence electrons. The minimum atomic E-state index is -0.0816. The number of amides is 1. The number of benzene rings is 1. The first-order valence-corrected chi connectivity index (χ1v) is 7.83. The minimum absolute atomic E-state index is 0.0816. The van der Waals surface area contributed by atoms with Gasteiger partial charge in [-0.05, 0) is 43.7 Å². The summed E-state index contributed by atoms with van der Waals surface area (Å²) in [6.45, 7) is 0. The fraction of sp³-hybridized carbons (Fsp3) is 0.500. The molecule has 5 heteroatoms. The molecule has 1 aliphatic carbocycles. The summed E-state index contributed by atoms with van der Waals surface area (Å²) < 4.78 is 0. The van der Waals surface area contributed by atoms with E-state index in [9.17, 15) is 4.79 Å². The van der Waals surface area contributed by atoms with Gasteiger partial charge in [0.25, 0.3) is 5.91 Å². The first kappa shape index (κ1) is 14.1. The molecular formula is C14H21N3OS. The highest BCUT2D eigenvalue weighted by molar-refractivity contribution is 7.99. The molecule has 1 aromatic rings. The van der Waals surface area contributed by atoms with Crippen molar-refractivity contribution in [1.82, 2.24) is 5.32 Å². The third-order valence-corrected chi connectivity index (χ3v) is 4.69. The molecule has 1 saturated carbocycles. The number of carbonyl (C=O) groups is 1. The van der Waals surface area contributed by atoms with Crippen molar-refractivity contribution >= 4 is 29.0 Å². The largest absolute Gasteiger partial charge is 0.399 e. The number of nitrogen functional groups attached to an aromatic ring is 1. The highest BCUT2D eigenvalue weighted by Crippen LogP contribution is 2.31. The van der Waals surface area contributed by atoms with E-state index in [1.165, 1.54) is 6.42 Å². The van der Waals surface area contributed by atoms with Gasteiger partial charge in [0.1, 0.15) is 0 Å². The van der Waals surface area contributed by atoms with Crippen LogP contribution < -0.4 is 16.4 Å². The average Bonchev–Trinajstić information content (AvgIpc) is 2.86. The van der Waals surface area contributed by atoms with Gasteiger partial charge in [0.2, 0.25) is 0 Å². The second-order valence-corrected chi connectivity index (χ2v) is 6.03. The fourth-order valence-corrected chi connectivity index (χ4v) is 3.32. The van der Waals surface area contributed by atoms with Crippen LogP contribution in [0.25, 0.3) is 0 Å². The van der Waals surface area contributed by atoms with E-state index in [1.54, 1.807) is 19.2 Å². The Balaban J connectivity index is 2.14. The van der Waals surface area contributed by atoms with E-state index in [2.05, 4.69) is 16.9 Å². The smallest absolute Gasteiger partial charge is 0.253 e. The van der Waals surface area contributed by atoms with Gasteiger partial charge in [0.05, 0.1) is 5.56 Å². The van der Waals surface area contributed by atoms with Crippen LogP contribution in [0.15, 0.2) is 18.2 Å². The lowest BCUT2D eigenvalue weighted by atomic mass is 10.1. The summed E-state index contributed by atoms with van der Waals surface area (Å²) in [6, 6.07) is 5.81. The molecule has 2 rings (SSSR count). The molecule has 4 N–H and O–H groups in total. The molecule has 2 atom stereocenters. The zero-order valence-electron chi connectivity index (χ0n) is 11.4. The molecule has 0 heterocycles. The second-order valence-electron chi connectivity index (χ2n) is 4.90. The maximum atomic E-state index is 11.8. The summed E-state index contributed by atoms with van der Waals surface area (Å²) in [5.41, 5.74) is 7.99. The number of hydrogen-bond donors (Lipinski definition) is 3. The topological polar surface area (TPSA) is 67.2 Å². The van der Waals surface area contributed by atoms with Gasteiger partial charge in [-0.25, -0.2) is 0 Å². The fourth-order valence-electron chi connectivity index (χ4n) is 2.52. The number of rotatable bonds is 4. The van der Waals surface area contributed by atoms with E-state index < -0.39 is 0 Å². The van der Waals surface area contributed by atoms with Crippen molar-refractivity contribution in [3.8, 4) is 0 Å². The van der Waals surface area contributed by atoms with Gasteiger partial charge in [-0.15, -0.1) is 0 Å². The lowest BCUT2D eigenvalue weighted by Gasteiger charge is -2.17. The third kappa shape index (κ3) is 3.35. The normalized spacial score (nSPS) is 22.2. The predicted molar refractivity (Wildman–Crippen MR) is 82.8 cm³/mol. The van der Waals surface area contributed by atoms with Crippen LogP contribution >= 0.6 is 11.8 Å². The van der Waals surface area contributed by atoms with Crippen LogP contribution in [-0.4, -0.2) is 30.5 Å². The van der Waals surface area contributed by atoms with Crippen LogP contribution in [0.2, 0.25) is 0 Å². The van der Waals surface area contributed by atoms with Gasteiger partial charge in [-0.3, -0.25) is 4.79 Å². The second kappa shape index (κ2) is 6.19. The summed E-state index contributed by atoms with van der Waals surface area (Å²) in [5, 5.41) is 6.86. The molecule has 4 nitrogen and oxygen atoms in total. The highest BCUT2D eigenvalue weighted by Gasteiger charge is 2.24. The molecule has 2 unspecified atom stereocenters. The number of hydrogen-bond acceptors (Lipinski definition) is 4. The summed E-state index contributed by atoms with van der Waals surface area (Å²) in [5.74, 6) is -0.0816. The number of anilines is 2. The van der Waals surface area contributed by atoms with Crippen LogP contribution in [0.1, 0.15) is 29.6 Å². The molecule has 1 fully saturated rings. The molecule has 1 aromatic carbocycles. The van der Waals surface area contributed by atoms with Crippen LogP contribution in [0.4, 0.5) is 11.4 Å². The Kier molecular flexibility index (Phi) is 4.58. The molecule has 0 radical (unpaired) electrons. The summed E-state index contributed by atoms with van der Waals surface area (Å²) in [6.07, 6.45) is 5.68. The van der Waals surface area contributed by atoms with E-state index in [0.717, 1.165) is 23.8 Å². The van der Waals surface area contributed by atoms with E-state index in [4.69, 9.17) is 5.73 Å². The predicted octanol–water partition coefficient (Wildman–Crippen LogP) is 2.32. The monoisotopic (exact) mass is 279 g/mol. The van der Waals surface area contributed by atoms with Gasteiger partial charge >= 0.3 is 0 Å². The van der Waals surface area contributed by atoms with Crippen molar-refractivity contribution in [3.63, 3.8) is 0 Å². The first-order chi connectivity index (χ1) is 9.13. The molecule has 0 spiro atoms. The molecule has 1 amide bonds. The Labute approximate surface area is 118 Å². The van der Waals surface area contributed by atoms with E-state index in [1.807, 2.05) is 17.8 Å². The van der Waals surface area contributed by atoms with Gasteiger partial charge in [0, 0.05) is 29.7 Å². The molecule has 0 aliphatic heterocycles. The van der Waals surface area contributed by atoms with Gasteiger partial charge in [0.15, 0.2) is 0 Å². The molecule has 0 bridgehead atoms. The molecule has 1 aliphatic rings. The molecule has 0 saturated heterocycles. The number of nitrogens with one attached hydrogen (secondary N) is 2. The van der Waals surface area contributed by atoms with Crippen molar-refractivity contribution in [2.75, 3.05) is 24.4 Å². The number of thioether (sulfide) groups is 1. The van der Waals surface area contributed by atoms with Crippen molar-refractivity contribution in [3.05, 3.63) is 23.8 Å². The average molecular weight is 279 g/mol. The zero-order valence-corrected chi connectivity index (χ0v) is 12.2. The molecular weight excluding hydrogens is 258 g/mol. The van der Waals surface area contributed by atoms with Crippen molar-refractivity contribution < 1.29 is 4.79 Å². The Hall–Kier alpha value is -1.36. The minimum Gasteiger partial charge on any atom is -0.399 e. The van der Waals surface area contributed by atoms with Crippen molar-refractivity contribution in [1.29, 1.82) is 0 Å². The highest BCUT2D eigenvalue weighted by atomic mass is 32.2. The Morgan fingerprint density at radius 2 is 2.21 bits per heavy atom. The third-order valence-electron chi connectivity index (χ3n) is 3.59. The van der Waals surface area contributed by atoms with Gasteiger partial charge in [-0.2, -0.15) is 11.8 Å². The summed E-state index contributed by atoms with van der Waals surface area (Å²) in [4.78, 5) is 11.8. The Morgan fingerprint density at radius 1 is 1.42 bits per heavy atom. The van der Waals surface area contributed by atoms with Gasteiger partial charge < -0.3 is 16.4 Å². The van der Waals surface area contributed by atoms with Crippen molar-refractivity contribution in [2.24, 2.45) is 0 Å². The quantitative estimate of drug-likeness (QED) is 0.740.